The van der Waals surface area contributed by atoms with Crippen molar-refractivity contribution >= 4 is 0 Å². The predicted octanol–water partition coefficient (Wildman–Crippen LogP) is 6.21. The number of rotatable bonds is 19. The minimum absolute atomic E-state index is 0.610. The topological polar surface area (TPSA) is 38.0 Å². The molecule has 0 fully saturated rings. The lowest BCUT2D eigenvalue weighted by molar-refractivity contribution is 0.502. The minimum Gasteiger partial charge on any atom is -0.330 e. The molecule has 0 aromatic heterocycles. The van der Waals surface area contributed by atoms with Crippen LogP contribution in [0.3, 0.4) is 0 Å². The van der Waals surface area contributed by atoms with Crippen LogP contribution in [0.25, 0.3) is 0 Å². The third-order valence-corrected chi connectivity index (χ3v) is 4.76. The van der Waals surface area contributed by atoms with E-state index in [2.05, 4.69) is 31.3 Å². The normalized spacial score (nSPS) is 13.0. The van der Waals surface area contributed by atoms with E-state index in [-0.39, 0.29) is 0 Å². The highest BCUT2D eigenvalue weighted by atomic mass is 14.9. The summed E-state index contributed by atoms with van der Waals surface area (Å²) in [6, 6.07) is 0. The van der Waals surface area contributed by atoms with Crippen molar-refractivity contribution in [2.24, 2.45) is 11.7 Å². The van der Waals surface area contributed by atoms with Gasteiger partial charge in [-0.15, -0.1) is 0 Å². The second-order valence-electron chi connectivity index (χ2n) is 7.48. The zero-order valence-electron chi connectivity index (χ0n) is 16.8. The summed E-state index contributed by atoms with van der Waals surface area (Å²) in [5, 5.41) is 3.50. The number of hydrogen-bond donors (Lipinski definition) is 2. The number of unbranched alkanes of at least 4 members (excludes halogenated alkanes) is 12. The monoisotopic (exact) mass is 338 g/mol. The Balaban J connectivity index is 3.08. The van der Waals surface area contributed by atoms with Gasteiger partial charge in [-0.1, -0.05) is 83.8 Å². The molecule has 0 aromatic rings. The average Bonchev–Trinajstić information content (AvgIpc) is 2.60. The lowest BCUT2D eigenvalue weighted by atomic mass is 10.1. The maximum atomic E-state index is 5.60. The number of nitrogens with two attached hydrogens (primary N) is 1. The van der Waals surface area contributed by atoms with Crippen LogP contribution >= 0.6 is 0 Å². The molecule has 0 radical (unpaired) electrons. The Kier molecular flexibility index (Phi) is 20.4. The van der Waals surface area contributed by atoms with E-state index in [4.69, 9.17) is 5.73 Å². The maximum Gasteiger partial charge on any atom is -0.00111 e. The highest BCUT2D eigenvalue weighted by molar-refractivity contribution is 4.81. The van der Waals surface area contributed by atoms with Crippen LogP contribution in [-0.2, 0) is 0 Å². The Labute approximate surface area is 153 Å². The van der Waals surface area contributed by atoms with Crippen LogP contribution in [0.4, 0.5) is 0 Å². The summed E-state index contributed by atoms with van der Waals surface area (Å²) in [7, 11) is 0. The number of allylic oxidation sites excluding steroid dienone is 2. The van der Waals surface area contributed by atoms with Gasteiger partial charge in [-0.05, 0) is 57.7 Å². The Morgan fingerprint density at radius 2 is 1.25 bits per heavy atom. The first kappa shape index (κ1) is 23.7. The van der Waals surface area contributed by atoms with Gasteiger partial charge in [0.15, 0.2) is 0 Å². The molecule has 0 aliphatic heterocycles. The summed E-state index contributed by atoms with van der Waals surface area (Å²) in [4.78, 5) is 0. The van der Waals surface area contributed by atoms with E-state index in [1.54, 1.807) is 0 Å². The largest absolute Gasteiger partial charge is 0.330 e. The third kappa shape index (κ3) is 19.7. The van der Waals surface area contributed by atoms with Crippen molar-refractivity contribution in [2.45, 2.75) is 104 Å². The average molecular weight is 339 g/mol. The molecule has 1 unspecified atom stereocenters. The smallest absolute Gasteiger partial charge is 0.00111 e. The van der Waals surface area contributed by atoms with E-state index in [1.807, 2.05) is 0 Å². The molecule has 0 saturated heterocycles. The van der Waals surface area contributed by atoms with Gasteiger partial charge in [-0.2, -0.15) is 0 Å². The molecule has 1 atom stereocenters. The number of nitrogens with one attached hydrogen (secondary N) is 1. The fourth-order valence-corrected chi connectivity index (χ4v) is 2.93. The van der Waals surface area contributed by atoms with Gasteiger partial charge >= 0.3 is 0 Å². The molecular formula is C22H46N2. The lowest BCUT2D eigenvalue weighted by Crippen LogP contribution is -2.26. The molecule has 3 N–H and O–H groups in total. The first-order valence-corrected chi connectivity index (χ1v) is 10.9. The molecule has 0 aliphatic rings. The molecule has 24 heavy (non-hydrogen) atoms. The third-order valence-electron chi connectivity index (χ3n) is 4.76. The predicted molar refractivity (Wildman–Crippen MR) is 111 cm³/mol. The molecular weight excluding hydrogens is 292 g/mol. The van der Waals surface area contributed by atoms with Gasteiger partial charge in [0.05, 0.1) is 0 Å². The fourth-order valence-electron chi connectivity index (χ4n) is 2.93. The highest BCUT2D eigenvalue weighted by Crippen LogP contribution is 2.09. The van der Waals surface area contributed by atoms with E-state index >= 15 is 0 Å². The Morgan fingerprint density at radius 3 is 1.79 bits per heavy atom. The Bertz CT molecular complexity index is 250. The molecule has 0 bridgehead atoms. The van der Waals surface area contributed by atoms with Gasteiger partial charge in [-0.25, -0.2) is 0 Å². The lowest BCUT2D eigenvalue weighted by Gasteiger charge is -2.09. The van der Waals surface area contributed by atoms with Crippen molar-refractivity contribution in [2.75, 3.05) is 19.6 Å². The van der Waals surface area contributed by atoms with Crippen molar-refractivity contribution in [3.63, 3.8) is 0 Å². The van der Waals surface area contributed by atoms with E-state index in [9.17, 15) is 0 Å². The molecule has 0 aliphatic carbocycles. The van der Waals surface area contributed by atoms with Crippen molar-refractivity contribution in [1.29, 1.82) is 0 Å². The second-order valence-corrected chi connectivity index (χ2v) is 7.48. The Morgan fingerprint density at radius 1 is 0.750 bits per heavy atom. The molecule has 0 spiro atoms. The summed E-state index contributed by atoms with van der Waals surface area (Å²) < 4.78 is 0. The van der Waals surface area contributed by atoms with Gasteiger partial charge in [0.2, 0.25) is 0 Å². The van der Waals surface area contributed by atoms with Crippen LogP contribution in [-0.4, -0.2) is 19.6 Å². The van der Waals surface area contributed by atoms with Gasteiger partial charge in [0.25, 0.3) is 0 Å². The first-order valence-electron chi connectivity index (χ1n) is 10.9. The molecule has 144 valence electrons. The van der Waals surface area contributed by atoms with Gasteiger partial charge in [0, 0.05) is 0 Å². The Hall–Kier alpha value is -0.340. The molecule has 2 heteroatoms. The summed E-state index contributed by atoms with van der Waals surface area (Å²) in [5.41, 5.74) is 5.60. The van der Waals surface area contributed by atoms with Crippen molar-refractivity contribution in [3.8, 4) is 0 Å². The number of hydrogen-bond acceptors (Lipinski definition) is 2. The SMILES string of the molecule is CCCCCCCCC=CCCCCCCCCNCC(C)CN. The minimum atomic E-state index is 0.610. The van der Waals surface area contributed by atoms with Gasteiger partial charge < -0.3 is 11.1 Å². The summed E-state index contributed by atoms with van der Waals surface area (Å²) in [6.07, 6.45) is 24.1. The van der Waals surface area contributed by atoms with E-state index in [0.717, 1.165) is 19.6 Å². The van der Waals surface area contributed by atoms with Crippen molar-refractivity contribution in [3.05, 3.63) is 12.2 Å². The highest BCUT2D eigenvalue weighted by Gasteiger charge is 1.97. The summed E-state index contributed by atoms with van der Waals surface area (Å²) in [6.45, 7) is 7.51. The second kappa shape index (κ2) is 20.7. The first-order chi connectivity index (χ1) is 11.8. The molecule has 2 nitrogen and oxygen atoms in total. The van der Waals surface area contributed by atoms with E-state index < -0.39 is 0 Å². The quantitative estimate of drug-likeness (QED) is 0.217. The van der Waals surface area contributed by atoms with Gasteiger partial charge in [0.1, 0.15) is 0 Å². The molecule has 0 rings (SSSR count). The fraction of sp³-hybridized carbons (Fsp3) is 0.909. The summed E-state index contributed by atoms with van der Waals surface area (Å²) >= 11 is 0. The van der Waals surface area contributed by atoms with Crippen LogP contribution in [0.5, 0.6) is 0 Å². The van der Waals surface area contributed by atoms with Crippen molar-refractivity contribution in [1.82, 2.24) is 5.32 Å². The van der Waals surface area contributed by atoms with E-state index in [1.165, 1.54) is 89.9 Å². The van der Waals surface area contributed by atoms with Crippen LogP contribution in [0.1, 0.15) is 104 Å². The van der Waals surface area contributed by atoms with E-state index in [0.29, 0.717) is 5.92 Å². The molecule has 0 saturated carbocycles. The van der Waals surface area contributed by atoms with Crippen LogP contribution in [0.15, 0.2) is 12.2 Å². The van der Waals surface area contributed by atoms with Crippen LogP contribution < -0.4 is 11.1 Å². The van der Waals surface area contributed by atoms with Gasteiger partial charge in [-0.3, -0.25) is 0 Å². The van der Waals surface area contributed by atoms with Crippen molar-refractivity contribution < 1.29 is 0 Å². The standard InChI is InChI=1S/C22H46N2/c1-3-4-5-6-7-8-9-10-11-12-13-14-15-16-17-18-19-24-21-22(2)20-23/h10-11,22,24H,3-9,12-21,23H2,1-2H3. The van der Waals surface area contributed by atoms with Crippen LogP contribution in [0, 0.1) is 5.92 Å². The molecule has 0 heterocycles. The molecule has 0 amide bonds. The van der Waals surface area contributed by atoms with Crippen LogP contribution in [0.2, 0.25) is 0 Å². The maximum absolute atomic E-state index is 5.60. The molecule has 0 aromatic carbocycles. The zero-order valence-corrected chi connectivity index (χ0v) is 16.8. The summed E-state index contributed by atoms with van der Waals surface area (Å²) in [5.74, 6) is 0.610. The zero-order chi connectivity index (χ0) is 17.7.